The van der Waals surface area contributed by atoms with Crippen LogP contribution in [0.15, 0.2) is 12.2 Å². The second kappa shape index (κ2) is 17.1. The van der Waals surface area contributed by atoms with Crippen LogP contribution in [0.2, 0.25) is 0 Å². The smallest absolute Gasteiger partial charge is 0.330 e. The number of carbonyl (C=O) groups is 2. The molecule has 0 amide bonds. The largest absolute Gasteiger partial charge is 1.00 e. The van der Waals surface area contributed by atoms with Crippen molar-refractivity contribution in [3.63, 3.8) is 0 Å². The molecular formula is C21H40ClNO4. The van der Waals surface area contributed by atoms with Crippen LogP contribution in [0.1, 0.15) is 77.6 Å². The van der Waals surface area contributed by atoms with E-state index in [0.29, 0.717) is 11.0 Å². The van der Waals surface area contributed by atoms with Crippen molar-refractivity contribution in [3.8, 4) is 0 Å². The molecule has 0 aliphatic heterocycles. The predicted octanol–water partition coefficient (Wildman–Crippen LogP) is 1.56. The van der Waals surface area contributed by atoms with Crippen molar-refractivity contribution in [2.24, 2.45) is 0 Å². The van der Waals surface area contributed by atoms with Gasteiger partial charge in [0, 0.05) is 6.08 Å². The number of likely N-dealkylation sites (N-methyl/N-ethyl adjacent to an activating group) is 1. The average molecular weight is 406 g/mol. The molecule has 0 aliphatic carbocycles. The molecule has 6 heteroatoms. The van der Waals surface area contributed by atoms with Gasteiger partial charge in [0.1, 0.15) is 6.54 Å². The first kappa shape index (κ1) is 28.1. The lowest BCUT2D eigenvalue weighted by molar-refractivity contribution is -0.873. The van der Waals surface area contributed by atoms with E-state index in [9.17, 15) is 9.59 Å². The third-order valence-corrected chi connectivity index (χ3v) is 4.16. The Morgan fingerprint density at radius 1 is 0.963 bits per heavy atom. The summed E-state index contributed by atoms with van der Waals surface area (Å²) in [6, 6.07) is 0. The van der Waals surface area contributed by atoms with Crippen LogP contribution in [-0.2, 0) is 14.3 Å². The van der Waals surface area contributed by atoms with E-state index in [-0.39, 0.29) is 18.8 Å². The molecule has 0 aromatic carbocycles. The molecule has 160 valence electrons. The molecule has 0 aliphatic rings. The van der Waals surface area contributed by atoms with Crippen molar-refractivity contribution in [2.75, 3.05) is 27.7 Å². The Morgan fingerprint density at radius 3 is 1.96 bits per heavy atom. The lowest BCUT2D eigenvalue weighted by atomic mass is 10.1. The Balaban J connectivity index is 0. The maximum atomic E-state index is 11.9. The molecule has 0 spiro atoms. The number of hydrogen-bond donors (Lipinski definition) is 1. The minimum absolute atomic E-state index is 0. The number of hydrogen-bond acceptors (Lipinski definition) is 3. The van der Waals surface area contributed by atoms with Crippen molar-refractivity contribution in [1.82, 2.24) is 0 Å². The fourth-order valence-electron chi connectivity index (χ4n) is 2.91. The number of carbonyl (C=O) groups excluding carboxylic acids is 1. The lowest BCUT2D eigenvalue weighted by Crippen LogP contribution is -3.00. The standard InChI is InChI=1S/C21H39NO4.ClH/c1-5-6-7-8-9-10-11-12-13-14-15-16-21(25)26-19(17-20(23)24)18-22(2,3)4;/h15-16,19H,5-14,17-18H2,1-4H3;1H/b16-15+;/t19-;/m1./s1. The van der Waals surface area contributed by atoms with E-state index in [1.165, 1.54) is 57.4 Å². The number of ether oxygens (including phenoxy) is 1. The van der Waals surface area contributed by atoms with Crippen LogP contribution >= 0.6 is 0 Å². The van der Waals surface area contributed by atoms with Crippen molar-refractivity contribution in [2.45, 2.75) is 83.7 Å². The van der Waals surface area contributed by atoms with E-state index >= 15 is 0 Å². The molecule has 0 saturated carbocycles. The maximum Gasteiger partial charge on any atom is 0.330 e. The van der Waals surface area contributed by atoms with Gasteiger partial charge in [0.05, 0.1) is 27.6 Å². The molecule has 0 fully saturated rings. The fraction of sp³-hybridized carbons (Fsp3) is 0.810. The highest BCUT2D eigenvalue weighted by molar-refractivity contribution is 5.82. The minimum atomic E-state index is -0.949. The number of nitrogens with zero attached hydrogens (tertiary/aromatic N) is 1. The number of allylic oxidation sites excluding steroid dienone is 1. The summed E-state index contributed by atoms with van der Waals surface area (Å²) in [7, 11) is 5.84. The molecule has 27 heavy (non-hydrogen) atoms. The predicted molar refractivity (Wildman–Crippen MR) is 106 cm³/mol. The second-order valence-corrected chi connectivity index (χ2v) is 8.15. The van der Waals surface area contributed by atoms with Gasteiger partial charge in [-0.3, -0.25) is 4.79 Å². The van der Waals surface area contributed by atoms with Crippen molar-refractivity contribution < 1.29 is 36.3 Å². The molecule has 0 unspecified atom stereocenters. The first-order valence-corrected chi connectivity index (χ1v) is 10.1. The molecule has 5 nitrogen and oxygen atoms in total. The number of carboxylic acid groups (broad SMARTS) is 1. The SMILES string of the molecule is CCCCCCCCCCC/C=C/C(=O)O[C@H](CC(=O)O)C[N+](C)(C)C.[Cl-]. The Hall–Kier alpha value is -1.07. The Morgan fingerprint density at radius 2 is 1.48 bits per heavy atom. The zero-order valence-electron chi connectivity index (χ0n) is 17.7. The normalized spacial score (nSPS) is 12.6. The third-order valence-electron chi connectivity index (χ3n) is 4.16. The van der Waals surface area contributed by atoms with Crippen molar-refractivity contribution >= 4 is 11.9 Å². The summed E-state index contributed by atoms with van der Waals surface area (Å²) in [5.41, 5.74) is 0. The van der Waals surface area contributed by atoms with E-state index < -0.39 is 18.0 Å². The topological polar surface area (TPSA) is 63.6 Å². The van der Waals surface area contributed by atoms with Gasteiger partial charge in [0.25, 0.3) is 0 Å². The van der Waals surface area contributed by atoms with E-state index in [1.54, 1.807) is 0 Å². The summed E-state index contributed by atoms with van der Waals surface area (Å²) in [5.74, 6) is -1.39. The highest BCUT2D eigenvalue weighted by atomic mass is 35.5. The van der Waals surface area contributed by atoms with Crippen LogP contribution in [0.25, 0.3) is 0 Å². The van der Waals surface area contributed by atoms with Crippen LogP contribution in [0.5, 0.6) is 0 Å². The monoisotopic (exact) mass is 405 g/mol. The molecule has 1 atom stereocenters. The van der Waals surface area contributed by atoms with Crippen LogP contribution in [0.3, 0.4) is 0 Å². The summed E-state index contributed by atoms with van der Waals surface area (Å²) in [4.78, 5) is 22.8. The van der Waals surface area contributed by atoms with Gasteiger partial charge in [-0.1, -0.05) is 64.4 Å². The molecule has 0 bridgehead atoms. The first-order valence-electron chi connectivity index (χ1n) is 10.1. The summed E-state index contributed by atoms with van der Waals surface area (Å²) in [5, 5.41) is 8.95. The number of unbranched alkanes of at least 4 members (excludes halogenated alkanes) is 9. The van der Waals surface area contributed by atoms with Gasteiger partial charge >= 0.3 is 11.9 Å². The summed E-state index contributed by atoms with van der Waals surface area (Å²) in [6.07, 6.45) is 14.9. The van der Waals surface area contributed by atoms with Gasteiger partial charge in [0.2, 0.25) is 0 Å². The van der Waals surface area contributed by atoms with Gasteiger partial charge in [-0.2, -0.15) is 0 Å². The molecule has 1 N–H and O–H groups in total. The molecule has 0 saturated heterocycles. The van der Waals surface area contributed by atoms with E-state index in [2.05, 4.69) is 6.92 Å². The number of esters is 1. The molecular weight excluding hydrogens is 366 g/mol. The zero-order valence-corrected chi connectivity index (χ0v) is 18.5. The van der Waals surface area contributed by atoms with Gasteiger partial charge in [-0.25, -0.2) is 4.79 Å². The number of rotatable bonds is 16. The molecule has 0 rings (SSSR count). The number of halogens is 1. The Labute approximate surface area is 172 Å². The van der Waals surface area contributed by atoms with Gasteiger partial charge in [-0.05, 0) is 12.8 Å². The number of aliphatic carboxylic acids is 1. The number of quaternary nitrogens is 1. The molecule has 0 aromatic heterocycles. The van der Waals surface area contributed by atoms with Crippen LogP contribution in [-0.4, -0.2) is 55.3 Å². The molecule has 0 heterocycles. The van der Waals surface area contributed by atoms with E-state index in [1.807, 2.05) is 27.2 Å². The van der Waals surface area contributed by atoms with Crippen LogP contribution < -0.4 is 12.4 Å². The molecule has 0 aromatic rings. The summed E-state index contributed by atoms with van der Waals surface area (Å²) in [6.45, 7) is 2.71. The van der Waals surface area contributed by atoms with Crippen molar-refractivity contribution in [3.05, 3.63) is 12.2 Å². The quantitative estimate of drug-likeness (QED) is 0.183. The third kappa shape index (κ3) is 21.1. The van der Waals surface area contributed by atoms with Crippen LogP contribution in [0.4, 0.5) is 0 Å². The van der Waals surface area contributed by atoms with Gasteiger partial charge in [0.15, 0.2) is 6.10 Å². The summed E-state index contributed by atoms with van der Waals surface area (Å²) < 4.78 is 5.86. The van der Waals surface area contributed by atoms with Gasteiger partial charge < -0.3 is 26.7 Å². The minimum Gasteiger partial charge on any atom is -1.00 e. The number of carboxylic acids is 1. The van der Waals surface area contributed by atoms with E-state index in [4.69, 9.17) is 9.84 Å². The zero-order chi connectivity index (χ0) is 19.8. The lowest BCUT2D eigenvalue weighted by Gasteiger charge is -2.28. The second-order valence-electron chi connectivity index (χ2n) is 8.15. The van der Waals surface area contributed by atoms with Crippen LogP contribution in [0, 0.1) is 0 Å². The fourth-order valence-corrected chi connectivity index (χ4v) is 2.91. The maximum absolute atomic E-state index is 11.9. The highest BCUT2D eigenvalue weighted by Gasteiger charge is 2.23. The Bertz CT molecular complexity index is 419. The van der Waals surface area contributed by atoms with Crippen molar-refractivity contribution in [1.29, 1.82) is 0 Å². The van der Waals surface area contributed by atoms with E-state index in [0.717, 1.165) is 12.8 Å². The highest BCUT2D eigenvalue weighted by Crippen LogP contribution is 2.11. The average Bonchev–Trinajstić information content (AvgIpc) is 2.50. The Kier molecular flexibility index (Phi) is 17.8. The summed E-state index contributed by atoms with van der Waals surface area (Å²) >= 11 is 0. The first-order chi connectivity index (χ1) is 12.2. The van der Waals surface area contributed by atoms with Gasteiger partial charge in [-0.15, -0.1) is 0 Å². The molecule has 0 radical (unpaired) electrons.